The fourth-order valence-corrected chi connectivity index (χ4v) is 3.45. The van der Waals surface area contributed by atoms with Crippen molar-refractivity contribution in [3.8, 4) is 22.8 Å². The van der Waals surface area contributed by atoms with Crippen LogP contribution in [0.5, 0.6) is 11.5 Å². The average molecular weight is 381 g/mol. The summed E-state index contributed by atoms with van der Waals surface area (Å²) in [5, 5.41) is 1.04. The van der Waals surface area contributed by atoms with Gasteiger partial charge in [0, 0.05) is 10.9 Å². The molecule has 0 radical (unpaired) electrons. The van der Waals surface area contributed by atoms with Crippen molar-refractivity contribution in [2.24, 2.45) is 0 Å². The molecule has 1 heterocycles. The minimum absolute atomic E-state index is 0.395. The van der Waals surface area contributed by atoms with Crippen LogP contribution in [0.1, 0.15) is 33.3 Å². The van der Waals surface area contributed by atoms with Crippen molar-refractivity contribution < 1.29 is 19.0 Å². The van der Waals surface area contributed by atoms with Crippen LogP contribution in [0, 0.1) is 0 Å². The smallest absolute Gasteiger partial charge is 0.419 e. The van der Waals surface area contributed by atoms with Crippen LogP contribution in [0.4, 0.5) is 4.79 Å². The third-order valence-electron chi connectivity index (χ3n) is 4.57. The molecule has 0 aliphatic carbocycles. The number of fused-ring (bicyclic) bond motifs is 1. The average Bonchev–Trinajstić information content (AvgIpc) is 3.00. The lowest BCUT2D eigenvalue weighted by molar-refractivity contribution is 0.0547. The van der Waals surface area contributed by atoms with Crippen LogP contribution >= 0.6 is 0 Å². The number of ether oxygens (including phenoxy) is 3. The Morgan fingerprint density at radius 3 is 2.29 bits per heavy atom. The number of para-hydroxylation sites is 1. The first kappa shape index (κ1) is 19.8. The summed E-state index contributed by atoms with van der Waals surface area (Å²) in [7, 11) is 3.21. The van der Waals surface area contributed by atoms with E-state index in [4.69, 9.17) is 14.2 Å². The number of nitrogens with zero attached hydrogens (tertiary/aromatic N) is 1. The van der Waals surface area contributed by atoms with E-state index >= 15 is 0 Å². The SMILES string of the molecule is CCc1c(-c2ccc(OC)c(OC)c2)n(C(=O)OC(C)(C)C)c2ccccc12. The molecule has 0 aliphatic rings. The molecule has 2 aromatic carbocycles. The molecule has 0 saturated heterocycles. The van der Waals surface area contributed by atoms with Crippen LogP contribution in [0.3, 0.4) is 0 Å². The van der Waals surface area contributed by atoms with Crippen molar-refractivity contribution in [2.45, 2.75) is 39.7 Å². The number of carbonyl (C=O) groups is 1. The molecule has 0 unspecified atom stereocenters. The highest BCUT2D eigenvalue weighted by molar-refractivity contribution is 5.99. The quantitative estimate of drug-likeness (QED) is 0.584. The standard InChI is InChI=1S/C23H27NO4/c1-7-16-17-10-8-9-11-18(17)24(22(25)28-23(2,3)4)21(16)15-12-13-19(26-5)20(14-15)27-6/h8-14H,7H2,1-6H3. The number of rotatable bonds is 4. The molecule has 148 valence electrons. The second-order valence-electron chi connectivity index (χ2n) is 7.58. The number of aromatic nitrogens is 1. The summed E-state index contributed by atoms with van der Waals surface area (Å²) in [5.41, 5.74) is 3.02. The number of hydrogen-bond donors (Lipinski definition) is 0. The third kappa shape index (κ3) is 3.57. The van der Waals surface area contributed by atoms with Gasteiger partial charge in [-0.05, 0) is 57.0 Å². The van der Waals surface area contributed by atoms with Gasteiger partial charge in [-0.2, -0.15) is 0 Å². The first-order valence-electron chi connectivity index (χ1n) is 9.38. The summed E-state index contributed by atoms with van der Waals surface area (Å²) in [6.07, 6.45) is 0.383. The highest BCUT2D eigenvalue weighted by Gasteiger charge is 2.26. The van der Waals surface area contributed by atoms with E-state index in [1.165, 1.54) is 0 Å². The van der Waals surface area contributed by atoms with Crippen LogP contribution in [0.2, 0.25) is 0 Å². The number of carbonyl (C=O) groups excluding carboxylic acids is 1. The van der Waals surface area contributed by atoms with Gasteiger partial charge in [-0.15, -0.1) is 0 Å². The van der Waals surface area contributed by atoms with Gasteiger partial charge >= 0.3 is 6.09 Å². The molecule has 3 aromatic rings. The Morgan fingerprint density at radius 2 is 1.68 bits per heavy atom. The van der Waals surface area contributed by atoms with Gasteiger partial charge in [0.15, 0.2) is 11.5 Å². The second-order valence-corrected chi connectivity index (χ2v) is 7.58. The van der Waals surface area contributed by atoms with Crippen molar-refractivity contribution >= 4 is 17.0 Å². The Balaban J connectivity index is 2.32. The summed E-state index contributed by atoms with van der Waals surface area (Å²) < 4.78 is 18.2. The summed E-state index contributed by atoms with van der Waals surface area (Å²) in [5.74, 6) is 1.26. The topological polar surface area (TPSA) is 49.7 Å². The van der Waals surface area contributed by atoms with Crippen molar-refractivity contribution in [3.63, 3.8) is 0 Å². The van der Waals surface area contributed by atoms with Crippen LogP contribution in [-0.2, 0) is 11.2 Å². The van der Waals surface area contributed by atoms with Gasteiger partial charge in [0.1, 0.15) is 5.60 Å². The van der Waals surface area contributed by atoms with Gasteiger partial charge in [0.2, 0.25) is 0 Å². The first-order chi connectivity index (χ1) is 13.3. The van der Waals surface area contributed by atoms with Crippen molar-refractivity contribution in [1.82, 2.24) is 4.57 Å². The zero-order chi connectivity index (χ0) is 20.5. The second kappa shape index (κ2) is 7.58. The fourth-order valence-electron chi connectivity index (χ4n) is 3.45. The van der Waals surface area contributed by atoms with Crippen molar-refractivity contribution in [3.05, 3.63) is 48.0 Å². The number of benzene rings is 2. The number of methoxy groups -OCH3 is 2. The Hall–Kier alpha value is -2.95. The zero-order valence-electron chi connectivity index (χ0n) is 17.3. The van der Waals surface area contributed by atoms with E-state index in [-0.39, 0.29) is 0 Å². The van der Waals surface area contributed by atoms with E-state index in [2.05, 4.69) is 6.92 Å². The molecule has 0 atom stereocenters. The van der Waals surface area contributed by atoms with Gasteiger partial charge in [-0.25, -0.2) is 9.36 Å². The first-order valence-corrected chi connectivity index (χ1v) is 9.38. The highest BCUT2D eigenvalue weighted by Crippen LogP contribution is 2.38. The van der Waals surface area contributed by atoms with Gasteiger partial charge in [-0.3, -0.25) is 0 Å². The lowest BCUT2D eigenvalue weighted by Gasteiger charge is -2.21. The van der Waals surface area contributed by atoms with Gasteiger partial charge < -0.3 is 14.2 Å². The zero-order valence-corrected chi connectivity index (χ0v) is 17.3. The lowest BCUT2D eigenvalue weighted by Crippen LogP contribution is -2.27. The monoisotopic (exact) mass is 381 g/mol. The van der Waals surface area contributed by atoms with E-state index in [0.717, 1.165) is 34.1 Å². The molecule has 0 saturated carbocycles. The molecule has 0 aliphatic heterocycles. The maximum absolute atomic E-state index is 13.2. The molecule has 0 spiro atoms. The summed E-state index contributed by atoms with van der Waals surface area (Å²) in [6.45, 7) is 7.69. The van der Waals surface area contributed by atoms with E-state index in [1.54, 1.807) is 18.8 Å². The third-order valence-corrected chi connectivity index (χ3v) is 4.57. The van der Waals surface area contributed by atoms with Crippen molar-refractivity contribution in [2.75, 3.05) is 14.2 Å². The molecule has 0 bridgehead atoms. The van der Waals surface area contributed by atoms with E-state index < -0.39 is 11.7 Å². The molecular weight excluding hydrogens is 354 g/mol. The predicted molar refractivity (Wildman–Crippen MR) is 111 cm³/mol. The summed E-state index contributed by atoms with van der Waals surface area (Å²) in [4.78, 5) is 13.2. The Bertz CT molecular complexity index is 1010. The van der Waals surface area contributed by atoms with Gasteiger partial charge in [0.25, 0.3) is 0 Å². The number of hydrogen-bond acceptors (Lipinski definition) is 4. The van der Waals surface area contributed by atoms with E-state index in [1.807, 2.05) is 63.2 Å². The van der Waals surface area contributed by atoms with Crippen LogP contribution in [-0.4, -0.2) is 30.5 Å². The van der Waals surface area contributed by atoms with E-state index in [9.17, 15) is 4.79 Å². The molecular formula is C23H27NO4. The maximum atomic E-state index is 13.2. The molecule has 0 N–H and O–H groups in total. The molecule has 1 aromatic heterocycles. The molecule has 0 fully saturated rings. The lowest BCUT2D eigenvalue weighted by atomic mass is 10.0. The summed E-state index contributed by atoms with van der Waals surface area (Å²) >= 11 is 0. The van der Waals surface area contributed by atoms with Crippen LogP contribution in [0.15, 0.2) is 42.5 Å². The molecule has 5 heteroatoms. The number of aryl methyl sites for hydroxylation is 1. The minimum Gasteiger partial charge on any atom is -0.493 e. The van der Waals surface area contributed by atoms with Crippen LogP contribution < -0.4 is 9.47 Å². The predicted octanol–water partition coefficient (Wildman–Crippen LogP) is 5.67. The largest absolute Gasteiger partial charge is 0.493 e. The van der Waals surface area contributed by atoms with Crippen LogP contribution in [0.25, 0.3) is 22.2 Å². The normalized spacial score (nSPS) is 11.5. The minimum atomic E-state index is -0.594. The van der Waals surface area contributed by atoms with E-state index in [0.29, 0.717) is 11.5 Å². The Labute approximate surface area is 165 Å². The molecule has 0 amide bonds. The molecule has 5 nitrogen and oxygen atoms in total. The Kier molecular flexibility index (Phi) is 5.36. The highest BCUT2D eigenvalue weighted by atomic mass is 16.6. The fraction of sp³-hybridized carbons (Fsp3) is 0.348. The van der Waals surface area contributed by atoms with Gasteiger partial charge in [-0.1, -0.05) is 25.1 Å². The van der Waals surface area contributed by atoms with Crippen molar-refractivity contribution in [1.29, 1.82) is 0 Å². The maximum Gasteiger partial charge on any atom is 0.419 e. The molecule has 3 rings (SSSR count). The molecule has 28 heavy (non-hydrogen) atoms. The van der Waals surface area contributed by atoms with Gasteiger partial charge in [0.05, 0.1) is 25.4 Å². The summed E-state index contributed by atoms with van der Waals surface area (Å²) in [6, 6.07) is 13.6. The Morgan fingerprint density at radius 1 is 1.00 bits per heavy atom.